The summed E-state index contributed by atoms with van der Waals surface area (Å²) in [7, 11) is 0. The SMILES string of the molecule is CCCCOc1cc2c(c(C(=O)N[C@H](C)c3ccccc3)c1OCCCC)[C@H]1C[C@H]3NCCC[C@H]3C(=O)N1CC2. The number of fused-ring (bicyclic) bond motifs is 4. The number of hydrogen-bond donors (Lipinski definition) is 2. The van der Waals surface area contributed by atoms with Crippen LogP contribution >= 0.6 is 0 Å². The number of ether oxygens (including phenoxy) is 2. The lowest BCUT2D eigenvalue weighted by atomic mass is 9.75. The normalized spacial score (nSPS) is 22.5. The van der Waals surface area contributed by atoms with Gasteiger partial charge in [0, 0.05) is 12.6 Å². The first-order chi connectivity index (χ1) is 19.5. The Bertz CT molecular complexity index is 1180. The van der Waals surface area contributed by atoms with Gasteiger partial charge in [0.05, 0.1) is 36.8 Å². The Kier molecular flexibility index (Phi) is 9.30. The number of nitrogens with zero attached hydrogens (tertiary/aromatic N) is 1. The molecule has 3 aliphatic rings. The Hall–Kier alpha value is -3.06. The van der Waals surface area contributed by atoms with Crippen molar-refractivity contribution >= 4 is 11.8 Å². The van der Waals surface area contributed by atoms with E-state index in [9.17, 15) is 9.59 Å². The number of unbranched alkanes of at least 4 members (excludes halogenated alkanes) is 2. The number of piperidine rings is 2. The number of benzene rings is 2. The number of carbonyl (C=O) groups is 2. The average molecular weight is 548 g/mol. The fourth-order valence-corrected chi connectivity index (χ4v) is 6.52. The highest BCUT2D eigenvalue weighted by molar-refractivity contribution is 6.00. The second-order valence-electron chi connectivity index (χ2n) is 11.5. The molecule has 0 aliphatic carbocycles. The zero-order valence-electron chi connectivity index (χ0n) is 24.3. The molecule has 7 heteroatoms. The zero-order valence-corrected chi connectivity index (χ0v) is 24.3. The van der Waals surface area contributed by atoms with Gasteiger partial charge < -0.3 is 25.0 Å². The molecular weight excluding hydrogens is 502 g/mol. The van der Waals surface area contributed by atoms with Gasteiger partial charge in [-0.3, -0.25) is 9.59 Å². The molecule has 7 nitrogen and oxygen atoms in total. The summed E-state index contributed by atoms with van der Waals surface area (Å²) in [6.07, 6.45) is 7.30. The summed E-state index contributed by atoms with van der Waals surface area (Å²) >= 11 is 0. The molecule has 3 aliphatic heterocycles. The number of carbonyl (C=O) groups excluding carboxylic acids is 2. The van der Waals surface area contributed by atoms with Gasteiger partial charge in [-0.05, 0) is 74.8 Å². The topological polar surface area (TPSA) is 79.9 Å². The first-order valence-corrected chi connectivity index (χ1v) is 15.4. The van der Waals surface area contributed by atoms with Gasteiger partial charge in [-0.2, -0.15) is 0 Å². The summed E-state index contributed by atoms with van der Waals surface area (Å²) in [6, 6.07) is 11.9. The summed E-state index contributed by atoms with van der Waals surface area (Å²) < 4.78 is 12.7. The van der Waals surface area contributed by atoms with Crippen LogP contribution in [0.4, 0.5) is 0 Å². The molecule has 2 aromatic carbocycles. The van der Waals surface area contributed by atoms with Crippen LogP contribution in [-0.2, 0) is 11.2 Å². The predicted octanol–water partition coefficient (Wildman–Crippen LogP) is 5.73. The second kappa shape index (κ2) is 13.1. The minimum Gasteiger partial charge on any atom is -0.490 e. The van der Waals surface area contributed by atoms with Gasteiger partial charge >= 0.3 is 0 Å². The highest BCUT2D eigenvalue weighted by atomic mass is 16.5. The molecule has 0 aromatic heterocycles. The maximum atomic E-state index is 14.3. The molecule has 2 aromatic rings. The van der Waals surface area contributed by atoms with E-state index in [0.29, 0.717) is 43.2 Å². The maximum Gasteiger partial charge on any atom is 0.256 e. The lowest BCUT2D eigenvalue weighted by Gasteiger charge is -2.49. The van der Waals surface area contributed by atoms with Crippen molar-refractivity contribution in [1.82, 2.24) is 15.5 Å². The predicted molar refractivity (Wildman–Crippen MR) is 157 cm³/mol. The molecule has 40 heavy (non-hydrogen) atoms. The number of amides is 2. The number of nitrogens with one attached hydrogen (secondary N) is 2. The monoisotopic (exact) mass is 547 g/mol. The molecule has 2 amide bonds. The third-order valence-electron chi connectivity index (χ3n) is 8.74. The Morgan fingerprint density at radius 3 is 2.62 bits per heavy atom. The van der Waals surface area contributed by atoms with Gasteiger partial charge in [0.1, 0.15) is 0 Å². The summed E-state index contributed by atoms with van der Waals surface area (Å²) in [5.74, 6) is 1.24. The lowest BCUT2D eigenvalue weighted by Crippen LogP contribution is -2.58. The Morgan fingerprint density at radius 2 is 1.88 bits per heavy atom. The van der Waals surface area contributed by atoms with E-state index in [1.807, 2.05) is 42.2 Å². The van der Waals surface area contributed by atoms with Crippen LogP contribution in [-0.4, -0.2) is 49.1 Å². The first kappa shape index (κ1) is 28.5. The van der Waals surface area contributed by atoms with E-state index in [-0.39, 0.29) is 35.9 Å². The van der Waals surface area contributed by atoms with E-state index < -0.39 is 0 Å². The molecule has 2 N–H and O–H groups in total. The largest absolute Gasteiger partial charge is 0.490 e. The van der Waals surface area contributed by atoms with Gasteiger partial charge in [0.2, 0.25) is 5.91 Å². The van der Waals surface area contributed by atoms with Crippen molar-refractivity contribution in [2.24, 2.45) is 5.92 Å². The minimum absolute atomic E-state index is 0.0267. The van der Waals surface area contributed by atoms with Crippen molar-refractivity contribution in [2.75, 3.05) is 26.3 Å². The summed E-state index contributed by atoms with van der Waals surface area (Å²) in [4.78, 5) is 30.1. The van der Waals surface area contributed by atoms with Gasteiger partial charge in [0.15, 0.2) is 11.5 Å². The van der Waals surface area contributed by atoms with E-state index in [4.69, 9.17) is 9.47 Å². The maximum absolute atomic E-state index is 14.3. The van der Waals surface area contributed by atoms with Crippen molar-refractivity contribution in [2.45, 2.75) is 90.3 Å². The Morgan fingerprint density at radius 1 is 1.12 bits per heavy atom. The fraction of sp³-hybridized carbons (Fsp3) is 0.576. The quantitative estimate of drug-likeness (QED) is 0.351. The van der Waals surface area contributed by atoms with Crippen LogP contribution in [0.1, 0.15) is 105 Å². The lowest BCUT2D eigenvalue weighted by molar-refractivity contribution is -0.145. The van der Waals surface area contributed by atoms with Crippen LogP contribution in [0.15, 0.2) is 36.4 Å². The standard InChI is InChI=1S/C33H45N3O4/c1-4-6-18-39-28-20-24-15-17-36-27(21-26-25(33(36)38)14-11-16-34-26)29(24)30(31(28)40-19-7-5-2)32(37)35-22(3)23-12-9-8-10-13-23/h8-10,12-13,20,22,25-27,34H,4-7,11,14-19,21H2,1-3H3,(H,35,37)/t22-,25-,26-,27-/m1/s1. The van der Waals surface area contributed by atoms with Crippen molar-refractivity contribution < 1.29 is 19.1 Å². The molecule has 5 rings (SSSR count). The molecule has 0 bridgehead atoms. The van der Waals surface area contributed by atoms with Gasteiger partial charge in [-0.15, -0.1) is 0 Å². The molecule has 0 saturated carbocycles. The van der Waals surface area contributed by atoms with Crippen LogP contribution < -0.4 is 20.1 Å². The van der Waals surface area contributed by atoms with Crippen LogP contribution in [0, 0.1) is 5.92 Å². The van der Waals surface area contributed by atoms with E-state index in [1.165, 1.54) is 0 Å². The van der Waals surface area contributed by atoms with Crippen LogP contribution in [0.3, 0.4) is 0 Å². The minimum atomic E-state index is -0.186. The average Bonchev–Trinajstić information content (AvgIpc) is 2.97. The number of rotatable bonds is 11. The van der Waals surface area contributed by atoms with Crippen molar-refractivity contribution in [3.05, 3.63) is 58.7 Å². The molecule has 0 spiro atoms. The molecule has 0 radical (unpaired) electrons. The van der Waals surface area contributed by atoms with Crippen LogP contribution in [0.25, 0.3) is 0 Å². The molecular formula is C33H45N3O4. The molecule has 2 saturated heterocycles. The molecule has 2 fully saturated rings. The van der Waals surface area contributed by atoms with E-state index in [0.717, 1.165) is 68.2 Å². The first-order valence-electron chi connectivity index (χ1n) is 15.4. The third kappa shape index (κ3) is 5.85. The van der Waals surface area contributed by atoms with E-state index in [1.54, 1.807) is 0 Å². The van der Waals surface area contributed by atoms with Gasteiger partial charge in [0.25, 0.3) is 5.91 Å². The third-order valence-corrected chi connectivity index (χ3v) is 8.74. The van der Waals surface area contributed by atoms with Crippen molar-refractivity contribution in [3.8, 4) is 11.5 Å². The molecule has 216 valence electrons. The fourth-order valence-electron chi connectivity index (χ4n) is 6.52. The summed E-state index contributed by atoms with van der Waals surface area (Å²) in [5.41, 5.74) is 3.62. The molecule has 4 atom stereocenters. The van der Waals surface area contributed by atoms with Gasteiger partial charge in [-0.1, -0.05) is 57.0 Å². The van der Waals surface area contributed by atoms with Crippen molar-refractivity contribution in [3.63, 3.8) is 0 Å². The van der Waals surface area contributed by atoms with E-state index >= 15 is 0 Å². The van der Waals surface area contributed by atoms with Crippen LogP contribution in [0.2, 0.25) is 0 Å². The summed E-state index contributed by atoms with van der Waals surface area (Å²) in [5, 5.41) is 6.87. The highest BCUT2D eigenvalue weighted by Gasteiger charge is 2.47. The van der Waals surface area contributed by atoms with Gasteiger partial charge in [-0.25, -0.2) is 0 Å². The smallest absolute Gasteiger partial charge is 0.256 e. The summed E-state index contributed by atoms with van der Waals surface area (Å²) in [6.45, 7) is 8.96. The Labute approximate surface area is 239 Å². The zero-order chi connectivity index (χ0) is 28.1. The highest BCUT2D eigenvalue weighted by Crippen LogP contribution is 2.47. The van der Waals surface area contributed by atoms with Crippen LogP contribution in [0.5, 0.6) is 11.5 Å². The van der Waals surface area contributed by atoms with Crippen molar-refractivity contribution in [1.29, 1.82) is 0 Å². The Balaban J connectivity index is 1.59. The van der Waals surface area contributed by atoms with E-state index in [2.05, 4.69) is 30.5 Å². The molecule has 0 unspecified atom stereocenters. The molecule has 3 heterocycles. The second-order valence-corrected chi connectivity index (χ2v) is 11.5. The number of hydrogen-bond acceptors (Lipinski definition) is 5.